The van der Waals surface area contributed by atoms with Crippen LogP contribution in [0, 0.1) is 0 Å². The summed E-state index contributed by atoms with van der Waals surface area (Å²) < 4.78 is 0. The topological polar surface area (TPSA) is 18.5 Å². The maximum absolute atomic E-state index is 3.58. The van der Waals surface area contributed by atoms with Crippen LogP contribution in [0.2, 0.25) is 0 Å². The van der Waals surface area contributed by atoms with E-state index in [2.05, 4.69) is 43.1 Å². The summed E-state index contributed by atoms with van der Waals surface area (Å²) in [6, 6.07) is 1.48. The molecule has 2 unspecified atom stereocenters. The summed E-state index contributed by atoms with van der Waals surface area (Å²) >= 11 is 0. The maximum Gasteiger partial charge on any atom is 0.0194 e. The lowest BCUT2D eigenvalue weighted by molar-refractivity contribution is 0.177. The van der Waals surface area contributed by atoms with E-state index in [0.717, 1.165) is 12.6 Å². The Hall–Kier alpha value is -0.120. The molecule has 0 saturated carbocycles. The lowest BCUT2D eigenvalue weighted by Crippen LogP contribution is -2.40. The maximum atomic E-state index is 3.58. The van der Waals surface area contributed by atoms with Crippen molar-refractivity contribution >= 4 is 0 Å². The highest BCUT2D eigenvalue weighted by Crippen LogP contribution is 2.12. The monoisotopic (exact) mass is 241 g/mol. The molecule has 0 aromatic rings. The van der Waals surface area contributed by atoms with E-state index in [1.54, 1.807) is 0 Å². The summed E-state index contributed by atoms with van der Waals surface area (Å²) in [5, 5.41) is 3.58. The van der Waals surface area contributed by atoms with Crippen LogP contribution in [0.25, 0.3) is 0 Å². The zero-order chi connectivity index (χ0) is 12.7. The molecule has 0 radical (unpaired) electrons. The van der Waals surface area contributed by atoms with Crippen LogP contribution in [0.1, 0.15) is 39.5 Å². The van der Waals surface area contributed by atoms with Crippen LogP contribution in [0.4, 0.5) is 0 Å². The standard InChI is InChI=1S/C14H31N3/c1-5-17(13(2)12-16(3)4)11-7-9-14-8-6-10-15-14/h13-15H,5-12H2,1-4H3. The largest absolute Gasteiger partial charge is 0.314 e. The van der Waals surface area contributed by atoms with Crippen LogP contribution in [-0.2, 0) is 0 Å². The second kappa shape index (κ2) is 8.06. The van der Waals surface area contributed by atoms with Gasteiger partial charge in [-0.25, -0.2) is 0 Å². The van der Waals surface area contributed by atoms with Gasteiger partial charge in [0.05, 0.1) is 0 Å². The van der Waals surface area contributed by atoms with Gasteiger partial charge in [0.2, 0.25) is 0 Å². The van der Waals surface area contributed by atoms with Gasteiger partial charge in [-0.3, -0.25) is 4.90 Å². The summed E-state index contributed by atoms with van der Waals surface area (Å²) in [4.78, 5) is 4.89. The first-order valence-electron chi connectivity index (χ1n) is 7.25. The Balaban J connectivity index is 2.16. The highest BCUT2D eigenvalue weighted by Gasteiger charge is 2.16. The third-order valence-electron chi connectivity index (χ3n) is 3.82. The minimum Gasteiger partial charge on any atom is -0.314 e. The quantitative estimate of drug-likeness (QED) is 0.699. The van der Waals surface area contributed by atoms with Crippen molar-refractivity contribution in [3.63, 3.8) is 0 Å². The molecule has 0 spiro atoms. The summed E-state index contributed by atoms with van der Waals surface area (Å²) in [7, 11) is 4.32. The molecule has 1 rings (SSSR count). The molecule has 2 atom stereocenters. The van der Waals surface area contributed by atoms with Crippen LogP contribution < -0.4 is 5.32 Å². The van der Waals surface area contributed by atoms with Crippen molar-refractivity contribution in [2.75, 3.05) is 40.3 Å². The zero-order valence-corrected chi connectivity index (χ0v) is 12.2. The summed E-state index contributed by atoms with van der Waals surface area (Å²) in [6.07, 6.45) is 5.45. The van der Waals surface area contributed by atoms with Gasteiger partial charge in [-0.05, 0) is 66.3 Å². The molecular weight excluding hydrogens is 210 g/mol. The molecule has 3 nitrogen and oxygen atoms in total. The smallest absolute Gasteiger partial charge is 0.0194 e. The molecule has 0 aromatic heterocycles. The van der Waals surface area contributed by atoms with Crippen LogP contribution in [0.3, 0.4) is 0 Å². The third kappa shape index (κ3) is 5.84. The highest BCUT2D eigenvalue weighted by atomic mass is 15.2. The van der Waals surface area contributed by atoms with Crippen LogP contribution in [0.15, 0.2) is 0 Å². The molecule has 1 heterocycles. The van der Waals surface area contributed by atoms with Crippen LogP contribution in [-0.4, -0.2) is 62.2 Å². The predicted molar refractivity (Wildman–Crippen MR) is 75.5 cm³/mol. The van der Waals surface area contributed by atoms with Crippen LogP contribution >= 0.6 is 0 Å². The van der Waals surface area contributed by atoms with E-state index in [0.29, 0.717) is 6.04 Å². The number of hydrogen-bond acceptors (Lipinski definition) is 3. The predicted octanol–water partition coefficient (Wildman–Crippen LogP) is 1.79. The average Bonchev–Trinajstić information content (AvgIpc) is 2.76. The van der Waals surface area contributed by atoms with Gasteiger partial charge in [-0.2, -0.15) is 0 Å². The van der Waals surface area contributed by atoms with E-state index in [9.17, 15) is 0 Å². The van der Waals surface area contributed by atoms with Gasteiger partial charge in [-0.15, -0.1) is 0 Å². The highest BCUT2D eigenvalue weighted by molar-refractivity contribution is 4.75. The Labute approximate surface area is 108 Å². The van der Waals surface area contributed by atoms with E-state index in [1.165, 1.54) is 45.3 Å². The van der Waals surface area contributed by atoms with Gasteiger partial charge in [0.1, 0.15) is 0 Å². The Morgan fingerprint density at radius 3 is 2.65 bits per heavy atom. The van der Waals surface area contributed by atoms with Crippen LogP contribution in [0.5, 0.6) is 0 Å². The third-order valence-corrected chi connectivity index (χ3v) is 3.82. The molecule has 1 fully saturated rings. The lowest BCUT2D eigenvalue weighted by atomic mass is 10.1. The normalized spacial score (nSPS) is 22.6. The number of hydrogen-bond donors (Lipinski definition) is 1. The Morgan fingerprint density at radius 2 is 2.12 bits per heavy atom. The molecule has 1 N–H and O–H groups in total. The summed E-state index contributed by atoms with van der Waals surface area (Å²) in [5.41, 5.74) is 0. The first-order valence-corrected chi connectivity index (χ1v) is 7.25. The Morgan fingerprint density at radius 1 is 1.35 bits per heavy atom. The zero-order valence-electron chi connectivity index (χ0n) is 12.2. The van der Waals surface area contributed by atoms with Gasteiger partial charge in [0.15, 0.2) is 0 Å². The second-order valence-electron chi connectivity index (χ2n) is 5.68. The Bertz CT molecular complexity index is 188. The van der Waals surface area contributed by atoms with Crippen molar-refractivity contribution in [3.05, 3.63) is 0 Å². The SMILES string of the molecule is CCN(CCCC1CCCN1)C(C)CN(C)C. The van der Waals surface area contributed by atoms with Crippen molar-refractivity contribution in [2.45, 2.75) is 51.6 Å². The molecule has 0 bridgehead atoms. The van der Waals surface area contributed by atoms with E-state index in [-0.39, 0.29) is 0 Å². The molecule has 3 heteroatoms. The summed E-state index contributed by atoms with van der Waals surface area (Å²) in [6.45, 7) is 9.45. The van der Waals surface area contributed by atoms with E-state index < -0.39 is 0 Å². The van der Waals surface area contributed by atoms with Gasteiger partial charge in [0.25, 0.3) is 0 Å². The fourth-order valence-corrected chi connectivity index (χ4v) is 2.88. The molecule has 17 heavy (non-hydrogen) atoms. The molecule has 1 aliphatic rings. The average molecular weight is 241 g/mol. The number of nitrogens with one attached hydrogen (secondary N) is 1. The minimum atomic E-state index is 0.673. The molecule has 102 valence electrons. The molecule has 0 aromatic carbocycles. The lowest BCUT2D eigenvalue weighted by Gasteiger charge is -2.30. The fraction of sp³-hybridized carbons (Fsp3) is 1.00. The van der Waals surface area contributed by atoms with Crippen molar-refractivity contribution < 1.29 is 0 Å². The fourth-order valence-electron chi connectivity index (χ4n) is 2.88. The number of rotatable bonds is 8. The van der Waals surface area contributed by atoms with Crippen molar-refractivity contribution in [1.29, 1.82) is 0 Å². The van der Waals surface area contributed by atoms with E-state index >= 15 is 0 Å². The molecular formula is C14H31N3. The van der Waals surface area contributed by atoms with Gasteiger partial charge in [0, 0.05) is 18.6 Å². The first-order chi connectivity index (χ1) is 8.13. The Kier molecular flexibility index (Phi) is 7.09. The molecule has 1 aliphatic heterocycles. The molecule has 0 amide bonds. The van der Waals surface area contributed by atoms with Gasteiger partial charge < -0.3 is 10.2 Å². The van der Waals surface area contributed by atoms with Crippen molar-refractivity contribution in [2.24, 2.45) is 0 Å². The molecule has 1 saturated heterocycles. The number of likely N-dealkylation sites (N-methyl/N-ethyl adjacent to an activating group) is 2. The number of nitrogens with zero attached hydrogens (tertiary/aromatic N) is 2. The van der Waals surface area contributed by atoms with Gasteiger partial charge in [-0.1, -0.05) is 6.92 Å². The van der Waals surface area contributed by atoms with Gasteiger partial charge >= 0.3 is 0 Å². The van der Waals surface area contributed by atoms with Crippen molar-refractivity contribution in [1.82, 2.24) is 15.1 Å². The molecule has 0 aliphatic carbocycles. The van der Waals surface area contributed by atoms with E-state index in [4.69, 9.17) is 0 Å². The van der Waals surface area contributed by atoms with E-state index in [1.807, 2.05) is 0 Å². The summed E-state index contributed by atoms with van der Waals surface area (Å²) in [5.74, 6) is 0. The first kappa shape index (κ1) is 14.9. The van der Waals surface area contributed by atoms with Crippen molar-refractivity contribution in [3.8, 4) is 0 Å². The minimum absolute atomic E-state index is 0.673. The second-order valence-corrected chi connectivity index (χ2v) is 5.68.